The number of nitrogens with zero attached hydrogens (tertiary/aromatic N) is 3. The number of rotatable bonds is 4. The van der Waals surface area contributed by atoms with Crippen molar-refractivity contribution in [2.45, 2.75) is 17.6 Å². The second-order valence-corrected chi connectivity index (χ2v) is 7.81. The minimum absolute atomic E-state index is 0.507. The molecule has 6 nitrogen and oxygen atoms in total. The van der Waals surface area contributed by atoms with E-state index in [9.17, 15) is 4.79 Å². The van der Waals surface area contributed by atoms with Crippen molar-refractivity contribution in [2.24, 2.45) is 0 Å². The Hall–Kier alpha value is -2.02. The summed E-state index contributed by atoms with van der Waals surface area (Å²) in [4.78, 5) is 13.4. The molecule has 3 rings (SSSR count). The van der Waals surface area contributed by atoms with Gasteiger partial charge < -0.3 is 10.1 Å². The van der Waals surface area contributed by atoms with Gasteiger partial charge in [0.1, 0.15) is 16.8 Å². The molecule has 0 atom stereocenters. The third-order valence-corrected chi connectivity index (χ3v) is 4.13. The van der Waals surface area contributed by atoms with E-state index in [-0.39, 0.29) is 0 Å². The lowest BCUT2D eigenvalue weighted by atomic mass is 10.1. The van der Waals surface area contributed by atoms with Gasteiger partial charge >= 0.3 is 0 Å². The maximum atomic E-state index is 11.9. The van der Waals surface area contributed by atoms with Gasteiger partial charge in [-0.15, -0.1) is 10.2 Å². The predicted molar refractivity (Wildman–Crippen MR) is 104 cm³/mol. The van der Waals surface area contributed by atoms with Gasteiger partial charge in [0.2, 0.25) is 0 Å². The summed E-state index contributed by atoms with van der Waals surface area (Å²) in [6.45, 7) is 4.35. The molecular formula is C17H15Cl3N4O2. The molecule has 0 saturated heterocycles. The molecule has 0 aliphatic carbocycles. The first-order valence-corrected chi connectivity index (χ1v) is 8.90. The number of benzene rings is 2. The topological polar surface area (TPSA) is 69.0 Å². The van der Waals surface area contributed by atoms with Crippen LogP contribution in [0.5, 0.6) is 5.75 Å². The van der Waals surface area contributed by atoms with Crippen LogP contribution in [0.1, 0.15) is 12.5 Å². The molecule has 0 bridgehead atoms. The summed E-state index contributed by atoms with van der Waals surface area (Å²) in [5, 5.41) is 11.5. The van der Waals surface area contributed by atoms with Crippen molar-refractivity contribution >= 4 is 57.4 Å². The van der Waals surface area contributed by atoms with Crippen LogP contribution in [0.25, 0.3) is 16.7 Å². The number of carbonyl (C=O) groups is 1. The smallest absolute Gasteiger partial charge is 0.276 e. The average molecular weight is 414 g/mol. The van der Waals surface area contributed by atoms with Crippen LogP contribution in [0.2, 0.25) is 0 Å². The number of fused-ring (bicyclic) bond motifs is 1. The number of halogens is 3. The monoisotopic (exact) mass is 412 g/mol. The summed E-state index contributed by atoms with van der Waals surface area (Å²) in [7, 11) is 0. The standard InChI is InChI=1S/C17H15Cl3N4O2/c1-3-26-12-6-4-11(5-7-12)24-22-14-8-10(2)13(9-15(14)23-24)21-16(25)17(18,19)20/h4-9H,3H2,1-2H3,(H,21,25). The Morgan fingerprint density at radius 3 is 2.35 bits per heavy atom. The van der Waals surface area contributed by atoms with Crippen LogP contribution >= 0.6 is 34.8 Å². The number of aryl methyl sites for hydroxylation is 1. The van der Waals surface area contributed by atoms with Gasteiger partial charge in [-0.2, -0.15) is 4.80 Å². The normalized spacial score (nSPS) is 11.6. The van der Waals surface area contributed by atoms with Gasteiger partial charge in [0.05, 0.1) is 12.3 Å². The SMILES string of the molecule is CCOc1ccc(-n2nc3cc(C)c(NC(=O)C(Cl)(Cl)Cl)cc3n2)cc1. The minimum atomic E-state index is -2.04. The molecule has 0 fully saturated rings. The van der Waals surface area contributed by atoms with Gasteiger partial charge in [-0.25, -0.2) is 0 Å². The fraction of sp³-hybridized carbons (Fsp3) is 0.235. The molecular weight excluding hydrogens is 399 g/mol. The molecule has 1 amide bonds. The largest absolute Gasteiger partial charge is 0.494 e. The maximum Gasteiger partial charge on any atom is 0.276 e. The van der Waals surface area contributed by atoms with E-state index in [0.717, 1.165) is 17.0 Å². The number of carbonyl (C=O) groups excluding carboxylic acids is 1. The first kappa shape index (κ1) is 18.8. The zero-order valence-electron chi connectivity index (χ0n) is 14.0. The van der Waals surface area contributed by atoms with Crippen LogP contribution in [0.3, 0.4) is 0 Å². The molecule has 0 radical (unpaired) electrons. The van der Waals surface area contributed by atoms with E-state index >= 15 is 0 Å². The lowest BCUT2D eigenvalue weighted by Gasteiger charge is -2.12. The Morgan fingerprint density at radius 2 is 1.77 bits per heavy atom. The van der Waals surface area contributed by atoms with Gasteiger partial charge in [-0.05, 0) is 55.8 Å². The minimum Gasteiger partial charge on any atom is -0.494 e. The molecule has 26 heavy (non-hydrogen) atoms. The number of anilines is 1. The van der Waals surface area contributed by atoms with E-state index < -0.39 is 9.70 Å². The first-order valence-electron chi connectivity index (χ1n) is 7.77. The fourth-order valence-corrected chi connectivity index (χ4v) is 2.50. The van der Waals surface area contributed by atoms with Gasteiger partial charge in [0.25, 0.3) is 9.70 Å². The number of ether oxygens (including phenoxy) is 1. The van der Waals surface area contributed by atoms with Crippen LogP contribution in [-0.4, -0.2) is 31.3 Å². The number of hydrogen-bond donors (Lipinski definition) is 1. The quantitative estimate of drug-likeness (QED) is 0.642. The Labute approximate surface area is 165 Å². The summed E-state index contributed by atoms with van der Waals surface area (Å²) < 4.78 is 3.39. The van der Waals surface area contributed by atoms with E-state index in [1.165, 1.54) is 4.80 Å². The highest BCUT2D eigenvalue weighted by Gasteiger charge is 2.31. The second-order valence-electron chi connectivity index (χ2n) is 5.52. The average Bonchev–Trinajstić information content (AvgIpc) is 2.98. The van der Waals surface area contributed by atoms with E-state index in [1.54, 1.807) is 12.1 Å². The van der Waals surface area contributed by atoms with Gasteiger partial charge in [0.15, 0.2) is 0 Å². The summed E-state index contributed by atoms with van der Waals surface area (Å²) in [6.07, 6.45) is 0. The van der Waals surface area contributed by atoms with Gasteiger partial charge in [-0.1, -0.05) is 34.8 Å². The van der Waals surface area contributed by atoms with Crippen molar-refractivity contribution in [3.8, 4) is 11.4 Å². The van der Waals surface area contributed by atoms with Crippen molar-refractivity contribution < 1.29 is 9.53 Å². The highest BCUT2D eigenvalue weighted by Crippen LogP contribution is 2.29. The van der Waals surface area contributed by atoms with Crippen molar-refractivity contribution in [2.75, 3.05) is 11.9 Å². The van der Waals surface area contributed by atoms with E-state index in [4.69, 9.17) is 39.5 Å². The molecule has 9 heteroatoms. The molecule has 0 saturated carbocycles. The molecule has 0 aliphatic rings. The van der Waals surface area contributed by atoms with Crippen molar-refractivity contribution in [3.63, 3.8) is 0 Å². The summed E-state index contributed by atoms with van der Waals surface area (Å²) in [5.41, 5.74) is 3.35. The van der Waals surface area contributed by atoms with Gasteiger partial charge in [-0.3, -0.25) is 4.79 Å². The molecule has 0 aliphatic heterocycles. The Balaban J connectivity index is 1.92. The second kappa shape index (κ2) is 7.31. The molecule has 0 spiro atoms. The fourth-order valence-electron chi connectivity index (χ4n) is 2.35. The molecule has 2 aromatic carbocycles. The van der Waals surface area contributed by atoms with E-state index in [0.29, 0.717) is 23.3 Å². The van der Waals surface area contributed by atoms with Crippen LogP contribution < -0.4 is 10.1 Å². The van der Waals surface area contributed by atoms with Crippen LogP contribution in [0.4, 0.5) is 5.69 Å². The van der Waals surface area contributed by atoms with E-state index in [2.05, 4.69) is 15.5 Å². The number of hydrogen-bond acceptors (Lipinski definition) is 4. The highest BCUT2D eigenvalue weighted by atomic mass is 35.6. The molecule has 1 aromatic heterocycles. The lowest BCUT2D eigenvalue weighted by Crippen LogP contribution is -2.27. The number of alkyl halides is 3. The van der Waals surface area contributed by atoms with Gasteiger partial charge in [0, 0.05) is 5.69 Å². The van der Waals surface area contributed by atoms with Crippen LogP contribution in [0, 0.1) is 6.92 Å². The molecule has 0 unspecified atom stereocenters. The number of aromatic nitrogens is 3. The Morgan fingerprint density at radius 1 is 1.15 bits per heavy atom. The third-order valence-electron chi connectivity index (χ3n) is 3.61. The predicted octanol–water partition coefficient (Wildman–Crippen LogP) is 4.44. The zero-order valence-corrected chi connectivity index (χ0v) is 16.2. The Kier molecular flexibility index (Phi) is 5.27. The van der Waals surface area contributed by atoms with Crippen molar-refractivity contribution in [3.05, 3.63) is 42.0 Å². The third kappa shape index (κ3) is 4.03. The summed E-state index contributed by atoms with van der Waals surface area (Å²) in [5.74, 6) is 0.0457. The number of nitrogens with one attached hydrogen (secondary N) is 1. The first-order chi connectivity index (χ1) is 12.3. The molecule has 3 aromatic rings. The van der Waals surface area contributed by atoms with Crippen LogP contribution in [0.15, 0.2) is 36.4 Å². The van der Waals surface area contributed by atoms with Crippen LogP contribution in [-0.2, 0) is 4.79 Å². The van der Waals surface area contributed by atoms with E-state index in [1.807, 2.05) is 38.1 Å². The lowest BCUT2D eigenvalue weighted by molar-refractivity contribution is -0.115. The van der Waals surface area contributed by atoms with Crippen molar-refractivity contribution in [1.82, 2.24) is 15.0 Å². The maximum absolute atomic E-state index is 11.9. The zero-order chi connectivity index (χ0) is 18.9. The molecule has 1 heterocycles. The highest BCUT2D eigenvalue weighted by molar-refractivity contribution is 6.76. The summed E-state index contributed by atoms with van der Waals surface area (Å²) in [6, 6.07) is 10.9. The summed E-state index contributed by atoms with van der Waals surface area (Å²) >= 11 is 16.8. The number of amides is 1. The van der Waals surface area contributed by atoms with Crippen molar-refractivity contribution in [1.29, 1.82) is 0 Å². The molecule has 136 valence electrons. The molecule has 1 N–H and O–H groups in total. The Bertz CT molecular complexity index is 949.